The van der Waals surface area contributed by atoms with Crippen LogP contribution in [0.3, 0.4) is 0 Å². The van der Waals surface area contributed by atoms with Gasteiger partial charge in [-0.2, -0.15) is 0 Å². The first-order valence-corrected chi connectivity index (χ1v) is 6.23. The fraction of sp³-hybridized carbons (Fsp3) is 0.267. The topological polar surface area (TPSA) is 50.9 Å². The molecule has 1 aromatic heterocycles. The molecule has 1 unspecified atom stereocenters. The monoisotopic (exact) mass is 259 g/mol. The van der Waals surface area contributed by atoms with Crippen LogP contribution in [0, 0.1) is 12.7 Å². The summed E-state index contributed by atoms with van der Waals surface area (Å²) in [7, 11) is 1.86. The maximum absolute atomic E-state index is 13.4. The lowest BCUT2D eigenvalue weighted by atomic mass is 9.95. The van der Waals surface area contributed by atoms with E-state index in [1.165, 1.54) is 6.07 Å². The number of nitrogens with one attached hydrogen (secondary N) is 1. The second-order valence-corrected chi connectivity index (χ2v) is 4.62. The van der Waals surface area contributed by atoms with Crippen LogP contribution in [0.25, 0.3) is 0 Å². The van der Waals surface area contributed by atoms with E-state index in [1.54, 1.807) is 30.6 Å². The average molecular weight is 259 g/mol. The minimum absolute atomic E-state index is 0.0159. The van der Waals surface area contributed by atoms with Crippen molar-refractivity contribution < 1.29 is 4.39 Å². The van der Waals surface area contributed by atoms with Gasteiger partial charge in [0.1, 0.15) is 5.82 Å². The van der Waals surface area contributed by atoms with E-state index < -0.39 is 0 Å². The molecule has 2 rings (SSSR count). The van der Waals surface area contributed by atoms with Gasteiger partial charge in [-0.05, 0) is 55.3 Å². The molecule has 1 heterocycles. The van der Waals surface area contributed by atoms with Crippen molar-refractivity contribution in [2.24, 2.45) is 0 Å². The van der Waals surface area contributed by atoms with Crippen LogP contribution in [0.5, 0.6) is 0 Å². The van der Waals surface area contributed by atoms with Crippen molar-refractivity contribution in [1.82, 2.24) is 10.3 Å². The lowest BCUT2D eigenvalue weighted by Gasteiger charge is -2.19. The number of nitrogens with two attached hydrogens (primary N) is 1. The van der Waals surface area contributed by atoms with Crippen LogP contribution in [-0.2, 0) is 6.42 Å². The summed E-state index contributed by atoms with van der Waals surface area (Å²) >= 11 is 0. The molecule has 3 nitrogen and oxygen atoms in total. The zero-order valence-corrected chi connectivity index (χ0v) is 11.2. The standard InChI is InChI=1S/C15H18FN3/c1-10-3-4-12(16)8-13(10)15(18-2)7-11-9-19-6-5-14(11)17/h3-6,8-9,15,18H,7H2,1-2H3,(H2,17,19). The second kappa shape index (κ2) is 5.80. The van der Waals surface area contributed by atoms with E-state index >= 15 is 0 Å². The molecule has 0 aliphatic rings. The van der Waals surface area contributed by atoms with Crippen molar-refractivity contribution in [2.45, 2.75) is 19.4 Å². The Hall–Kier alpha value is -1.94. The Labute approximate surface area is 112 Å². The molecule has 2 aromatic rings. The first-order chi connectivity index (χ1) is 9.11. The van der Waals surface area contributed by atoms with Crippen LogP contribution in [0.4, 0.5) is 10.1 Å². The molecule has 19 heavy (non-hydrogen) atoms. The zero-order valence-electron chi connectivity index (χ0n) is 11.2. The van der Waals surface area contributed by atoms with E-state index in [1.807, 2.05) is 14.0 Å². The van der Waals surface area contributed by atoms with Gasteiger partial charge in [0, 0.05) is 24.1 Å². The number of benzene rings is 1. The number of hydrogen-bond donors (Lipinski definition) is 2. The number of nitrogen functional groups attached to an aromatic ring is 1. The summed E-state index contributed by atoms with van der Waals surface area (Å²) < 4.78 is 13.4. The number of nitrogens with zero attached hydrogens (tertiary/aromatic N) is 1. The highest BCUT2D eigenvalue weighted by molar-refractivity contribution is 5.45. The number of anilines is 1. The van der Waals surface area contributed by atoms with Gasteiger partial charge in [0.25, 0.3) is 0 Å². The van der Waals surface area contributed by atoms with Gasteiger partial charge in [0.2, 0.25) is 0 Å². The van der Waals surface area contributed by atoms with E-state index in [9.17, 15) is 4.39 Å². The van der Waals surface area contributed by atoms with E-state index in [-0.39, 0.29) is 11.9 Å². The Balaban J connectivity index is 2.30. The fourth-order valence-electron chi connectivity index (χ4n) is 2.18. The minimum atomic E-state index is -0.222. The van der Waals surface area contributed by atoms with Crippen molar-refractivity contribution in [3.63, 3.8) is 0 Å². The number of aryl methyl sites for hydroxylation is 1. The molecular formula is C15H18FN3. The Morgan fingerprint density at radius 1 is 1.37 bits per heavy atom. The largest absolute Gasteiger partial charge is 0.398 e. The van der Waals surface area contributed by atoms with Crippen LogP contribution >= 0.6 is 0 Å². The van der Waals surface area contributed by atoms with E-state index in [0.29, 0.717) is 12.1 Å². The molecule has 0 aliphatic heterocycles. The maximum Gasteiger partial charge on any atom is 0.123 e. The molecule has 0 radical (unpaired) electrons. The Morgan fingerprint density at radius 2 is 2.16 bits per heavy atom. The molecule has 0 saturated carbocycles. The molecule has 100 valence electrons. The number of halogens is 1. The third kappa shape index (κ3) is 3.09. The van der Waals surface area contributed by atoms with Crippen molar-refractivity contribution in [1.29, 1.82) is 0 Å². The first-order valence-electron chi connectivity index (χ1n) is 6.23. The Bertz CT molecular complexity index is 569. The molecule has 0 fully saturated rings. The van der Waals surface area contributed by atoms with Gasteiger partial charge in [-0.15, -0.1) is 0 Å². The van der Waals surface area contributed by atoms with Crippen LogP contribution in [0.15, 0.2) is 36.7 Å². The van der Waals surface area contributed by atoms with Crippen LogP contribution in [0.1, 0.15) is 22.7 Å². The van der Waals surface area contributed by atoms with Gasteiger partial charge in [-0.1, -0.05) is 6.07 Å². The van der Waals surface area contributed by atoms with E-state index in [4.69, 9.17) is 5.73 Å². The third-order valence-corrected chi connectivity index (χ3v) is 3.33. The second-order valence-electron chi connectivity index (χ2n) is 4.62. The zero-order chi connectivity index (χ0) is 13.8. The lowest BCUT2D eigenvalue weighted by molar-refractivity contribution is 0.574. The normalized spacial score (nSPS) is 12.4. The minimum Gasteiger partial charge on any atom is -0.398 e. The summed E-state index contributed by atoms with van der Waals surface area (Å²) in [6.07, 6.45) is 4.11. The molecule has 4 heteroatoms. The molecule has 0 aliphatic carbocycles. The van der Waals surface area contributed by atoms with Crippen molar-refractivity contribution >= 4 is 5.69 Å². The summed E-state index contributed by atoms with van der Waals surface area (Å²) in [4.78, 5) is 4.08. The highest BCUT2D eigenvalue weighted by atomic mass is 19.1. The van der Waals surface area contributed by atoms with Gasteiger partial charge < -0.3 is 11.1 Å². The predicted molar refractivity (Wildman–Crippen MR) is 75.3 cm³/mol. The van der Waals surface area contributed by atoms with Crippen molar-refractivity contribution in [3.05, 3.63) is 59.2 Å². The fourth-order valence-corrected chi connectivity index (χ4v) is 2.18. The number of aromatic nitrogens is 1. The number of pyridine rings is 1. The van der Waals surface area contributed by atoms with Crippen LogP contribution in [-0.4, -0.2) is 12.0 Å². The third-order valence-electron chi connectivity index (χ3n) is 3.33. The van der Waals surface area contributed by atoms with Crippen LogP contribution < -0.4 is 11.1 Å². The molecule has 0 bridgehead atoms. The smallest absolute Gasteiger partial charge is 0.123 e. The van der Waals surface area contributed by atoms with Crippen LogP contribution in [0.2, 0.25) is 0 Å². The average Bonchev–Trinajstić information content (AvgIpc) is 2.41. The summed E-state index contributed by atoms with van der Waals surface area (Å²) in [6, 6.07) is 6.64. The molecule has 0 amide bonds. The lowest BCUT2D eigenvalue weighted by Crippen LogP contribution is -2.20. The number of hydrogen-bond acceptors (Lipinski definition) is 3. The van der Waals surface area contributed by atoms with Gasteiger partial charge in [0.05, 0.1) is 0 Å². The first kappa shape index (κ1) is 13.5. The van der Waals surface area contributed by atoms with Crippen molar-refractivity contribution in [2.75, 3.05) is 12.8 Å². The SMILES string of the molecule is CNC(Cc1cnccc1N)c1cc(F)ccc1C. The Morgan fingerprint density at radius 3 is 2.84 bits per heavy atom. The van der Waals surface area contributed by atoms with Gasteiger partial charge in [-0.3, -0.25) is 4.98 Å². The highest BCUT2D eigenvalue weighted by Gasteiger charge is 2.14. The summed E-state index contributed by atoms with van der Waals surface area (Å²) in [6.45, 7) is 1.98. The molecular weight excluding hydrogens is 241 g/mol. The molecule has 1 aromatic carbocycles. The number of rotatable bonds is 4. The van der Waals surface area contributed by atoms with E-state index in [2.05, 4.69) is 10.3 Å². The molecule has 3 N–H and O–H groups in total. The molecule has 1 atom stereocenters. The summed E-state index contributed by atoms with van der Waals surface area (Å²) in [5, 5.41) is 3.21. The van der Waals surface area contributed by atoms with Gasteiger partial charge in [-0.25, -0.2) is 4.39 Å². The maximum atomic E-state index is 13.4. The Kier molecular flexibility index (Phi) is 4.12. The molecule has 0 saturated heterocycles. The van der Waals surface area contributed by atoms with E-state index in [0.717, 1.165) is 16.7 Å². The number of likely N-dealkylation sites (N-methyl/N-ethyl adjacent to an activating group) is 1. The van der Waals surface area contributed by atoms with Gasteiger partial charge in [0.15, 0.2) is 0 Å². The summed E-state index contributed by atoms with van der Waals surface area (Å²) in [5.41, 5.74) is 9.61. The predicted octanol–water partition coefficient (Wildman–Crippen LogP) is 2.61. The molecule has 0 spiro atoms. The summed E-state index contributed by atoms with van der Waals surface area (Å²) in [5.74, 6) is -0.222. The van der Waals surface area contributed by atoms with Gasteiger partial charge >= 0.3 is 0 Å². The quantitative estimate of drug-likeness (QED) is 0.887. The highest BCUT2D eigenvalue weighted by Crippen LogP contribution is 2.24. The van der Waals surface area contributed by atoms with Crippen molar-refractivity contribution in [3.8, 4) is 0 Å².